The Labute approximate surface area is 145 Å². The fourth-order valence-corrected chi connectivity index (χ4v) is 2.53. The normalized spacial score (nSPS) is 17.4. The van der Waals surface area contributed by atoms with Gasteiger partial charge in [-0.05, 0) is 29.8 Å². The number of nitrogens with zero attached hydrogens (tertiary/aromatic N) is 2. The molecule has 1 saturated heterocycles. The van der Waals surface area contributed by atoms with Gasteiger partial charge in [0.15, 0.2) is 0 Å². The van der Waals surface area contributed by atoms with Gasteiger partial charge in [-0.15, -0.1) is 12.4 Å². The van der Waals surface area contributed by atoms with Crippen LogP contribution in [0.4, 0.5) is 5.69 Å². The number of pyridine rings is 1. The molecule has 2 N–H and O–H groups in total. The second-order valence-electron chi connectivity index (χ2n) is 5.14. The van der Waals surface area contributed by atoms with E-state index >= 15 is 0 Å². The van der Waals surface area contributed by atoms with Crippen molar-refractivity contribution in [3.8, 4) is 0 Å². The van der Waals surface area contributed by atoms with Crippen LogP contribution in [0.3, 0.4) is 0 Å². The first kappa shape index (κ1) is 17.5. The summed E-state index contributed by atoms with van der Waals surface area (Å²) in [4.78, 5) is 18.3. The zero-order valence-corrected chi connectivity index (χ0v) is 13.9. The minimum Gasteiger partial charge on any atom is -0.397 e. The summed E-state index contributed by atoms with van der Waals surface area (Å²) < 4.78 is 5.76. The maximum absolute atomic E-state index is 12.5. The summed E-state index contributed by atoms with van der Waals surface area (Å²) in [6, 6.07) is 10.8. The summed E-state index contributed by atoms with van der Waals surface area (Å²) in [7, 11) is 0. The molecule has 7 heteroatoms. The van der Waals surface area contributed by atoms with Crippen molar-refractivity contribution >= 4 is 35.6 Å². The van der Waals surface area contributed by atoms with Gasteiger partial charge in [0.05, 0.1) is 25.0 Å². The van der Waals surface area contributed by atoms with Crippen molar-refractivity contribution in [2.75, 3.05) is 25.4 Å². The highest BCUT2D eigenvalue weighted by Gasteiger charge is 2.26. The van der Waals surface area contributed by atoms with E-state index in [1.807, 2.05) is 24.3 Å². The Balaban J connectivity index is 0.00000192. The Morgan fingerprint density at radius 2 is 2.00 bits per heavy atom. The molecule has 0 radical (unpaired) electrons. The molecular weight excluding hydrogens is 337 g/mol. The highest BCUT2D eigenvalue weighted by atomic mass is 35.5. The van der Waals surface area contributed by atoms with E-state index in [4.69, 9.17) is 22.1 Å². The standard InChI is InChI=1S/C16H16ClN3O2.ClH/c17-12-3-1-11(2-4-12)15-10-20(7-8-22-15)16(21)14-6-5-13(18)9-19-14;/h1-6,9,15H,7-8,10,18H2;1H. The molecule has 5 nitrogen and oxygen atoms in total. The molecule has 0 saturated carbocycles. The lowest BCUT2D eigenvalue weighted by molar-refractivity contribution is -0.0230. The minimum atomic E-state index is -0.149. The number of benzene rings is 1. The molecule has 23 heavy (non-hydrogen) atoms. The number of ether oxygens (including phenoxy) is 1. The van der Waals surface area contributed by atoms with E-state index in [1.165, 1.54) is 6.20 Å². The maximum atomic E-state index is 12.5. The molecule has 0 bridgehead atoms. The van der Waals surface area contributed by atoms with E-state index in [9.17, 15) is 4.79 Å². The number of morpholine rings is 1. The molecule has 1 aliphatic rings. The van der Waals surface area contributed by atoms with E-state index in [0.717, 1.165) is 5.56 Å². The molecule has 3 rings (SSSR count). The van der Waals surface area contributed by atoms with Crippen LogP contribution in [0.15, 0.2) is 42.6 Å². The van der Waals surface area contributed by atoms with E-state index < -0.39 is 0 Å². The van der Waals surface area contributed by atoms with Gasteiger partial charge in [0.25, 0.3) is 5.91 Å². The summed E-state index contributed by atoms with van der Waals surface area (Å²) in [5.41, 5.74) is 7.54. The SMILES string of the molecule is Cl.Nc1ccc(C(=O)N2CCOC(c3ccc(Cl)cc3)C2)nc1. The van der Waals surface area contributed by atoms with Crippen LogP contribution in [0.5, 0.6) is 0 Å². The molecule has 2 heterocycles. The third-order valence-electron chi connectivity index (χ3n) is 3.60. The van der Waals surface area contributed by atoms with Crippen molar-refractivity contribution < 1.29 is 9.53 Å². The Morgan fingerprint density at radius 1 is 1.26 bits per heavy atom. The lowest BCUT2D eigenvalue weighted by Gasteiger charge is -2.33. The van der Waals surface area contributed by atoms with E-state index in [1.54, 1.807) is 17.0 Å². The Morgan fingerprint density at radius 3 is 2.65 bits per heavy atom. The van der Waals surface area contributed by atoms with Crippen molar-refractivity contribution in [3.63, 3.8) is 0 Å². The van der Waals surface area contributed by atoms with Gasteiger partial charge >= 0.3 is 0 Å². The summed E-state index contributed by atoms with van der Waals surface area (Å²) in [5.74, 6) is -0.109. The minimum absolute atomic E-state index is 0. The maximum Gasteiger partial charge on any atom is 0.272 e. The van der Waals surface area contributed by atoms with Gasteiger partial charge in [-0.1, -0.05) is 23.7 Å². The fourth-order valence-electron chi connectivity index (χ4n) is 2.41. The van der Waals surface area contributed by atoms with E-state index in [-0.39, 0.29) is 24.4 Å². The molecule has 1 amide bonds. The third kappa shape index (κ3) is 4.13. The van der Waals surface area contributed by atoms with Crippen molar-refractivity contribution in [1.82, 2.24) is 9.88 Å². The first-order valence-corrected chi connectivity index (χ1v) is 7.39. The largest absolute Gasteiger partial charge is 0.397 e. The first-order chi connectivity index (χ1) is 10.6. The predicted molar refractivity (Wildman–Crippen MR) is 91.9 cm³/mol. The Kier molecular flexibility index (Phi) is 5.82. The number of carbonyl (C=O) groups is 1. The molecule has 1 aliphatic heterocycles. The highest BCUT2D eigenvalue weighted by Crippen LogP contribution is 2.24. The van der Waals surface area contributed by atoms with Crippen LogP contribution in [0.25, 0.3) is 0 Å². The van der Waals surface area contributed by atoms with Crippen molar-refractivity contribution in [1.29, 1.82) is 0 Å². The van der Waals surface area contributed by atoms with Crippen LogP contribution < -0.4 is 5.73 Å². The molecule has 0 spiro atoms. The van der Waals surface area contributed by atoms with Gasteiger partial charge < -0.3 is 15.4 Å². The van der Waals surface area contributed by atoms with Gasteiger partial charge in [0.1, 0.15) is 11.8 Å². The van der Waals surface area contributed by atoms with Gasteiger partial charge in [0.2, 0.25) is 0 Å². The number of rotatable bonds is 2. The van der Waals surface area contributed by atoms with Crippen molar-refractivity contribution in [3.05, 3.63) is 58.9 Å². The van der Waals surface area contributed by atoms with Crippen LogP contribution in [0.1, 0.15) is 22.2 Å². The number of hydrogen-bond acceptors (Lipinski definition) is 4. The summed E-state index contributed by atoms with van der Waals surface area (Å²) in [6.07, 6.45) is 1.34. The number of amides is 1. The molecule has 1 aromatic carbocycles. The zero-order valence-electron chi connectivity index (χ0n) is 12.3. The van der Waals surface area contributed by atoms with Crippen molar-refractivity contribution in [2.24, 2.45) is 0 Å². The van der Waals surface area contributed by atoms with Crippen molar-refractivity contribution in [2.45, 2.75) is 6.10 Å². The third-order valence-corrected chi connectivity index (χ3v) is 3.85. The lowest BCUT2D eigenvalue weighted by Crippen LogP contribution is -2.42. The van der Waals surface area contributed by atoms with Crippen LogP contribution in [-0.4, -0.2) is 35.5 Å². The van der Waals surface area contributed by atoms with Crippen LogP contribution in [0.2, 0.25) is 5.02 Å². The van der Waals surface area contributed by atoms with Gasteiger partial charge in [0, 0.05) is 11.6 Å². The van der Waals surface area contributed by atoms with Crippen LogP contribution >= 0.6 is 24.0 Å². The average molecular weight is 354 g/mol. The number of carbonyl (C=O) groups excluding carboxylic acids is 1. The summed E-state index contributed by atoms with van der Waals surface area (Å²) in [5, 5.41) is 0.679. The number of anilines is 1. The quantitative estimate of drug-likeness (QED) is 0.900. The molecule has 1 aromatic heterocycles. The number of aromatic nitrogens is 1. The lowest BCUT2D eigenvalue weighted by atomic mass is 10.1. The van der Waals surface area contributed by atoms with E-state index in [0.29, 0.717) is 36.1 Å². The molecule has 2 aromatic rings. The van der Waals surface area contributed by atoms with Crippen LogP contribution in [0, 0.1) is 0 Å². The zero-order chi connectivity index (χ0) is 15.5. The van der Waals surface area contributed by atoms with Crippen LogP contribution in [-0.2, 0) is 4.74 Å². The second kappa shape index (κ2) is 7.64. The van der Waals surface area contributed by atoms with Gasteiger partial charge in [-0.3, -0.25) is 4.79 Å². The molecule has 1 fully saturated rings. The topological polar surface area (TPSA) is 68.5 Å². The Bertz CT molecular complexity index is 662. The average Bonchev–Trinajstić information content (AvgIpc) is 2.56. The number of nitrogens with two attached hydrogens (primary N) is 1. The highest BCUT2D eigenvalue weighted by molar-refractivity contribution is 6.30. The monoisotopic (exact) mass is 353 g/mol. The number of halogens is 2. The molecule has 1 atom stereocenters. The fraction of sp³-hybridized carbons (Fsp3) is 0.250. The second-order valence-corrected chi connectivity index (χ2v) is 5.58. The summed E-state index contributed by atoms with van der Waals surface area (Å²) >= 11 is 5.90. The molecule has 122 valence electrons. The number of hydrogen-bond donors (Lipinski definition) is 1. The smallest absolute Gasteiger partial charge is 0.272 e. The molecule has 0 aliphatic carbocycles. The van der Waals surface area contributed by atoms with Gasteiger partial charge in [-0.2, -0.15) is 0 Å². The summed E-state index contributed by atoms with van der Waals surface area (Å²) in [6.45, 7) is 1.54. The van der Waals surface area contributed by atoms with E-state index in [2.05, 4.69) is 4.98 Å². The Hall–Kier alpha value is -1.82. The molecular formula is C16H17Cl2N3O2. The van der Waals surface area contributed by atoms with Gasteiger partial charge in [-0.25, -0.2) is 4.98 Å². The molecule has 1 unspecified atom stereocenters. The number of nitrogen functional groups attached to an aromatic ring is 1. The first-order valence-electron chi connectivity index (χ1n) is 7.01. The predicted octanol–water partition coefficient (Wildman–Crippen LogP) is 2.95.